The number of carbonyl (C=O) groups excluding carboxylic acids is 1. The van der Waals surface area contributed by atoms with E-state index in [1.807, 2.05) is 0 Å². The monoisotopic (exact) mass is 483 g/mol. The topological polar surface area (TPSA) is 22.0 Å². The number of carbonyl (C=O) groups is 1. The number of halogens is 4. The zero-order valence-corrected chi connectivity index (χ0v) is 19.3. The Morgan fingerprint density at radius 2 is 1.87 bits per heavy atom. The van der Waals surface area contributed by atoms with Crippen LogP contribution in [0.3, 0.4) is 0 Å². The molecule has 1 aliphatic rings. The molecule has 0 saturated heterocycles. The summed E-state index contributed by atoms with van der Waals surface area (Å²) < 4.78 is 42.6. The summed E-state index contributed by atoms with van der Waals surface area (Å²) in [6, 6.07) is 5.54. The minimum absolute atomic E-state index is 0.0537. The summed E-state index contributed by atoms with van der Waals surface area (Å²) >= 11 is 3.77. The Balaban J connectivity index is 2.12. The molecule has 0 amide bonds. The van der Waals surface area contributed by atoms with Gasteiger partial charge in [-0.2, -0.15) is 13.2 Å². The molecule has 0 radical (unpaired) electrons. The highest BCUT2D eigenvalue weighted by atomic mass is 79.9. The predicted molar refractivity (Wildman–Crippen MR) is 117 cm³/mol. The summed E-state index contributed by atoms with van der Waals surface area (Å²) in [5.74, 6) is 0.648. The third kappa shape index (κ3) is 4.68. The van der Waals surface area contributed by atoms with Crippen LogP contribution in [-0.4, -0.2) is 10.9 Å². The summed E-state index contributed by atoms with van der Waals surface area (Å²) in [7, 11) is 0. The molecule has 1 heterocycles. The number of benzene rings is 1. The van der Waals surface area contributed by atoms with Crippen LogP contribution in [0.25, 0.3) is 0 Å². The highest BCUT2D eigenvalue weighted by molar-refractivity contribution is 9.10. The Kier molecular flexibility index (Phi) is 7.16. The number of aldehydes is 1. The van der Waals surface area contributed by atoms with E-state index in [1.165, 1.54) is 23.4 Å². The lowest BCUT2D eigenvalue weighted by Crippen LogP contribution is -2.21. The average Bonchev–Trinajstić information content (AvgIpc) is 2.94. The van der Waals surface area contributed by atoms with Gasteiger partial charge in [-0.05, 0) is 84.1 Å². The van der Waals surface area contributed by atoms with Gasteiger partial charge in [-0.15, -0.1) is 0 Å². The second kappa shape index (κ2) is 9.29. The van der Waals surface area contributed by atoms with Crippen LogP contribution in [0.15, 0.2) is 28.7 Å². The highest BCUT2D eigenvalue weighted by Crippen LogP contribution is 2.44. The lowest BCUT2D eigenvalue weighted by atomic mass is 9.85. The van der Waals surface area contributed by atoms with Crippen LogP contribution in [0, 0.1) is 12.8 Å². The quantitative estimate of drug-likeness (QED) is 0.371. The molecule has 0 N–H and O–H groups in total. The van der Waals surface area contributed by atoms with E-state index in [4.69, 9.17) is 0 Å². The number of fused-ring (bicyclic) bond motifs is 1. The first-order valence-corrected chi connectivity index (χ1v) is 11.4. The standard InChI is InChI=1S/C24H29BrF3NO/c1-15(2)7-12-21(17-8-10-19(11-9-17)24(26,27)28)29-16(3)22(25)20-6-4-5-18(13-14-30)23(20)29/h8-11,14-15,18,21H,4-7,12-13H2,1-3H3/t18?,21-/m1/s1. The first-order chi connectivity index (χ1) is 14.1. The molecule has 0 fully saturated rings. The SMILES string of the molecule is Cc1c(Br)c2c(n1[C@H](CCC(C)C)c1ccc(C(F)(F)F)cc1)C(CC=O)CCC2. The summed E-state index contributed by atoms with van der Waals surface area (Å²) in [5, 5.41) is 0. The van der Waals surface area contributed by atoms with Crippen LogP contribution >= 0.6 is 15.9 Å². The number of hydrogen-bond acceptors (Lipinski definition) is 1. The maximum atomic E-state index is 13.1. The van der Waals surface area contributed by atoms with Gasteiger partial charge in [-0.1, -0.05) is 26.0 Å². The summed E-state index contributed by atoms with van der Waals surface area (Å²) in [5.41, 5.74) is 3.79. The molecule has 164 valence electrons. The Labute approximate surface area is 185 Å². The number of alkyl halides is 3. The molecule has 0 saturated carbocycles. The van der Waals surface area contributed by atoms with E-state index in [0.717, 1.165) is 54.1 Å². The maximum absolute atomic E-state index is 13.1. The van der Waals surface area contributed by atoms with Crippen molar-refractivity contribution in [1.29, 1.82) is 0 Å². The molecule has 0 spiro atoms. The minimum atomic E-state index is -4.34. The number of rotatable bonds is 7. The van der Waals surface area contributed by atoms with Crippen molar-refractivity contribution in [2.24, 2.45) is 5.92 Å². The second-order valence-corrected chi connectivity index (χ2v) is 9.52. The van der Waals surface area contributed by atoms with Gasteiger partial charge in [0, 0.05) is 28.2 Å². The van der Waals surface area contributed by atoms with E-state index in [-0.39, 0.29) is 12.0 Å². The molecule has 3 rings (SSSR count). The van der Waals surface area contributed by atoms with Crippen molar-refractivity contribution in [3.8, 4) is 0 Å². The first-order valence-electron chi connectivity index (χ1n) is 10.6. The molecule has 6 heteroatoms. The van der Waals surface area contributed by atoms with E-state index in [2.05, 4.69) is 41.3 Å². The van der Waals surface area contributed by atoms with Crippen LogP contribution in [-0.2, 0) is 17.4 Å². The van der Waals surface area contributed by atoms with Crippen molar-refractivity contribution < 1.29 is 18.0 Å². The maximum Gasteiger partial charge on any atom is 0.416 e. The highest BCUT2D eigenvalue weighted by Gasteiger charge is 2.33. The van der Waals surface area contributed by atoms with Crippen LogP contribution in [0.4, 0.5) is 13.2 Å². The summed E-state index contributed by atoms with van der Waals surface area (Å²) in [6.07, 6.45) is 1.90. The lowest BCUT2D eigenvalue weighted by molar-refractivity contribution is -0.137. The zero-order valence-electron chi connectivity index (χ0n) is 17.7. The van der Waals surface area contributed by atoms with Crippen molar-refractivity contribution >= 4 is 22.2 Å². The van der Waals surface area contributed by atoms with E-state index in [9.17, 15) is 18.0 Å². The summed E-state index contributed by atoms with van der Waals surface area (Å²) in [6.45, 7) is 6.38. The molecule has 0 aliphatic heterocycles. The summed E-state index contributed by atoms with van der Waals surface area (Å²) in [4.78, 5) is 11.3. The zero-order chi connectivity index (χ0) is 22.1. The Hall–Kier alpha value is -1.56. The van der Waals surface area contributed by atoms with Crippen molar-refractivity contribution in [2.75, 3.05) is 0 Å². The normalized spacial score (nSPS) is 17.8. The van der Waals surface area contributed by atoms with Crippen LogP contribution in [0.2, 0.25) is 0 Å². The Bertz CT molecular complexity index is 883. The van der Waals surface area contributed by atoms with Crippen molar-refractivity contribution in [3.05, 3.63) is 56.8 Å². The smallest absolute Gasteiger partial charge is 0.340 e. The molecule has 2 atom stereocenters. The number of nitrogens with zero attached hydrogens (tertiary/aromatic N) is 1. The fourth-order valence-electron chi connectivity index (χ4n) is 4.68. The largest absolute Gasteiger partial charge is 0.416 e. The predicted octanol–water partition coefficient (Wildman–Crippen LogP) is 7.61. The van der Waals surface area contributed by atoms with Gasteiger partial charge in [-0.25, -0.2) is 0 Å². The van der Waals surface area contributed by atoms with E-state index < -0.39 is 11.7 Å². The fraction of sp³-hybridized carbons (Fsp3) is 0.542. The third-order valence-corrected chi connectivity index (χ3v) is 7.26. The Morgan fingerprint density at radius 1 is 1.20 bits per heavy atom. The molecular weight excluding hydrogens is 455 g/mol. The third-order valence-electron chi connectivity index (χ3n) is 6.21. The first kappa shape index (κ1) is 23.1. The van der Waals surface area contributed by atoms with Gasteiger partial charge in [0.15, 0.2) is 0 Å². The molecule has 30 heavy (non-hydrogen) atoms. The minimum Gasteiger partial charge on any atom is -0.340 e. The van der Waals surface area contributed by atoms with E-state index in [0.29, 0.717) is 12.3 Å². The van der Waals surface area contributed by atoms with Crippen molar-refractivity contribution in [2.45, 2.75) is 77.4 Å². The van der Waals surface area contributed by atoms with Gasteiger partial charge in [0.25, 0.3) is 0 Å². The van der Waals surface area contributed by atoms with Crippen LogP contribution < -0.4 is 0 Å². The molecule has 2 aromatic rings. The van der Waals surface area contributed by atoms with E-state index in [1.54, 1.807) is 12.1 Å². The molecule has 1 aliphatic carbocycles. The molecule has 1 aromatic heterocycles. The lowest BCUT2D eigenvalue weighted by Gasteiger charge is -2.30. The van der Waals surface area contributed by atoms with Gasteiger partial charge >= 0.3 is 6.18 Å². The van der Waals surface area contributed by atoms with Gasteiger partial charge < -0.3 is 9.36 Å². The van der Waals surface area contributed by atoms with Crippen LogP contribution in [0.1, 0.15) is 86.0 Å². The number of hydrogen-bond donors (Lipinski definition) is 0. The van der Waals surface area contributed by atoms with Gasteiger partial charge in [0.1, 0.15) is 6.29 Å². The van der Waals surface area contributed by atoms with Crippen molar-refractivity contribution in [3.63, 3.8) is 0 Å². The van der Waals surface area contributed by atoms with Crippen molar-refractivity contribution in [1.82, 2.24) is 4.57 Å². The molecule has 1 unspecified atom stereocenters. The molecule has 1 aromatic carbocycles. The number of aromatic nitrogens is 1. The molecule has 0 bridgehead atoms. The van der Waals surface area contributed by atoms with Crippen LogP contribution in [0.5, 0.6) is 0 Å². The van der Waals surface area contributed by atoms with Gasteiger partial charge in [0.05, 0.1) is 11.6 Å². The average molecular weight is 484 g/mol. The molecule has 2 nitrogen and oxygen atoms in total. The second-order valence-electron chi connectivity index (χ2n) is 8.73. The Morgan fingerprint density at radius 3 is 2.43 bits per heavy atom. The van der Waals surface area contributed by atoms with E-state index >= 15 is 0 Å². The van der Waals surface area contributed by atoms with Gasteiger partial charge in [-0.3, -0.25) is 0 Å². The van der Waals surface area contributed by atoms with Gasteiger partial charge in [0.2, 0.25) is 0 Å². The fourth-order valence-corrected chi connectivity index (χ4v) is 5.28. The molecular formula is C24H29BrF3NO.